The number of aromatic nitrogens is 1. The quantitative estimate of drug-likeness (QED) is 0.900. The van der Waals surface area contributed by atoms with Gasteiger partial charge in [0.15, 0.2) is 0 Å². The zero-order valence-corrected chi connectivity index (χ0v) is 15.8. The van der Waals surface area contributed by atoms with Crippen molar-refractivity contribution < 1.29 is 9.90 Å². The highest BCUT2D eigenvalue weighted by Crippen LogP contribution is 2.45. The van der Waals surface area contributed by atoms with Gasteiger partial charge in [-0.3, -0.25) is 14.7 Å². The minimum absolute atomic E-state index is 0.251. The van der Waals surface area contributed by atoms with Gasteiger partial charge < -0.3 is 10.0 Å². The molecule has 1 amide bonds. The molecular formula is C21H31N3O2. The van der Waals surface area contributed by atoms with Gasteiger partial charge in [-0.1, -0.05) is 25.3 Å². The lowest BCUT2D eigenvalue weighted by Gasteiger charge is -2.44. The van der Waals surface area contributed by atoms with Crippen LogP contribution in [-0.4, -0.2) is 57.5 Å². The van der Waals surface area contributed by atoms with Crippen LogP contribution in [0.4, 0.5) is 0 Å². The Labute approximate surface area is 156 Å². The van der Waals surface area contributed by atoms with Crippen molar-refractivity contribution in [1.29, 1.82) is 0 Å². The lowest BCUT2D eigenvalue weighted by molar-refractivity contribution is -0.137. The second kappa shape index (κ2) is 7.28. The fraction of sp³-hybridized carbons (Fsp3) is 0.714. The number of nitrogens with zero attached hydrogens (tertiary/aromatic N) is 3. The molecule has 3 heterocycles. The summed E-state index contributed by atoms with van der Waals surface area (Å²) in [6, 6.07) is 4.88. The van der Waals surface area contributed by atoms with Crippen LogP contribution in [0.5, 0.6) is 0 Å². The third kappa shape index (κ3) is 3.39. The Bertz CT molecular complexity index is 615. The van der Waals surface area contributed by atoms with E-state index in [0.29, 0.717) is 37.5 Å². The molecule has 1 aromatic rings. The van der Waals surface area contributed by atoms with E-state index in [1.165, 1.54) is 19.3 Å². The smallest absolute Gasteiger partial charge is 0.236 e. The van der Waals surface area contributed by atoms with E-state index in [-0.39, 0.29) is 5.91 Å². The van der Waals surface area contributed by atoms with Crippen molar-refractivity contribution in [1.82, 2.24) is 14.8 Å². The number of fused-ring (bicyclic) bond motifs is 2. The van der Waals surface area contributed by atoms with Gasteiger partial charge in [-0.05, 0) is 44.6 Å². The number of piperidine rings is 1. The van der Waals surface area contributed by atoms with Gasteiger partial charge in [0.05, 0.1) is 12.1 Å². The zero-order chi connectivity index (χ0) is 18.1. The van der Waals surface area contributed by atoms with E-state index in [0.717, 1.165) is 31.2 Å². The highest BCUT2D eigenvalue weighted by Gasteiger charge is 2.49. The molecule has 0 radical (unpaired) electrons. The summed E-state index contributed by atoms with van der Waals surface area (Å²) in [5, 5.41) is 11.2. The standard InChI is InChI=1S/C21H31N3O2/c1-23(17-7-3-2-4-8-17)20(25)15-24-18-9-10-19(24)13-21(26,12-18)16-6-5-11-22-14-16/h5-6,11,14,17-19,26H,2-4,7-10,12-13,15H2,1H3. The van der Waals surface area contributed by atoms with E-state index < -0.39 is 5.60 Å². The average molecular weight is 357 g/mol. The molecule has 2 saturated heterocycles. The fourth-order valence-electron chi connectivity index (χ4n) is 5.39. The number of likely N-dealkylation sites (N-methyl/N-ethyl adjacent to an activating group) is 1. The number of rotatable bonds is 4. The molecule has 2 bridgehead atoms. The first-order valence-corrected chi connectivity index (χ1v) is 10.2. The van der Waals surface area contributed by atoms with Crippen molar-refractivity contribution in [2.24, 2.45) is 0 Å². The normalized spacial score (nSPS) is 32.5. The van der Waals surface area contributed by atoms with Crippen molar-refractivity contribution in [2.45, 2.75) is 81.5 Å². The molecular weight excluding hydrogens is 326 g/mol. The van der Waals surface area contributed by atoms with Crippen LogP contribution < -0.4 is 0 Å². The lowest BCUT2D eigenvalue weighted by Crippen LogP contribution is -2.53. The summed E-state index contributed by atoms with van der Waals surface area (Å²) < 4.78 is 0. The number of hydrogen-bond acceptors (Lipinski definition) is 4. The van der Waals surface area contributed by atoms with Crippen molar-refractivity contribution in [2.75, 3.05) is 13.6 Å². The van der Waals surface area contributed by atoms with Gasteiger partial charge in [0.25, 0.3) is 0 Å². The summed E-state index contributed by atoms with van der Waals surface area (Å²) >= 11 is 0. The summed E-state index contributed by atoms with van der Waals surface area (Å²) in [7, 11) is 1.98. The van der Waals surface area contributed by atoms with Crippen LogP contribution in [0.25, 0.3) is 0 Å². The number of hydrogen-bond donors (Lipinski definition) is 1. The van der Waals surface area contributed by atoms with Gasteiger partial charge in [-0.2, -0.15) is 0 Å². The number of carbonyl (C=O) groups is 1. The SMILES string of the molecule is CN(C(=O)CN1C2CCC1CC(O)(c1cccnc1)C2)C1CCCCC1. The van der Waals surface area contributed by atoms with Crippen molar-refractivity contribution in [3.8, 4) is 0 Å². The Morgan fingerprint density at radius 2 is 1.92 bits per heavy atom. The van der Waals surface area contributed by atoms with E-state index >= 15 is 0 Å². The maximum absolute atomic E-state index is 12.9. The van der Waals surface area contributed by atoms with E-state index in [1.54, 1.807) is 12.4 Å². The van der Waals surface area contributed by atoms with Crippen molar-refractivity contribution >= 4 is 5.91 Å². The largest absolute Gasteiger partial charge is 0.385 e. The molecule has 3 aliphatic rings. The first-order valence-electron chi connectivity index (χ1n) is 10.2. The summed E-state index contributed by atoms with van der Waals surface area (Å²) in [6.45, 7) is 0.505. The summed E-state index contributed by atoms with van der Waals surface area (Å²) in [6.07, 6.45) is 13.2. The summed E-state index contributed by atoms with van der Waals surface area (Å²) in [4.78, 5) is 21.4. The monoisotopic (exact) mass is 357 g/mol. The van der Waals surface area contributed by atoms with Crippen LogP contribution in [0.1, 0.15) is 63.4 Å². The Balaban J connectivity index is 1.41. The Morgan fingerprint density at radius 3 is 2.54 bits per heavy atom. The topological polar surface area (TPSA) is 56.7 Å². The molecule has 142 valence electrons. The van der Waals surface area contributed by atoms with Crippen LogP contribution in [-0.2, 0) is 10.4 Å². The fourth-order valence-corrected chi connectivity index (χ4v) is 5.39. The molecule has 3 fully saturated rings. The number of aliphatic hydroxyl groups is 1. The zero-order valence-electron chi connectivity index (χ0n) is 15.8. The number of pyridine rings is 1. The van der Waals surface area contributed by atoms with Gasteiger partial charge in [-0.25, -0.2) is 0 Å². The Morgan fingerprint density at radius 1 is 1.23 bits per heavy atom. The molecule has 1 aromatic heterocycles. The molecule has 5 nitrogen and oxygen atoms in total. The van der Waals surface area contributed by atoms with Crippen LogP contribution in [0.2, 0.25) is 0 Å². The maximum Gasteiger partial charge on any atom is 0.236 e. The van der Waals surface area contributed by atoms with Gasteiger partial charge in [-0.15, -0.1) is 0 Å². The predicted octanol–water partition coefficient (Wildman–Crippen LogP) is 2.69. The molecule has 2 unspecified atom stereocenters. The van der Waals surface area contributed by atoms with E-state index in [4.69, 9.17) is 0 Å². The first-order chi connectivity index (χ1) is 12.6. The molecule has 0 aromatic carbocycles. The summed E-state index contributed by atoms with van der Waals surface area (Å²) in [5.41, 5.74) is 0.122. The third-order valence-electron chi connectivity index (χ3n) is 6.95. The van der Waals surface area contributed by atoms with E-state index in [1.807, 2.05) is 24.1 Å². The van der Waals surface area contributed by atoms with Gasteiger partial charge in [0.1, 0.15) is 0 Å². The van der Waals surface area contributed by atoms with Crippen LogP contribution in [0.15, 0.2) is 24.5 Å². The minimum Gasteiger partial charge on any atom is -0.385 e. The van der Waals surface area contributed by atoms with Crippen LogP contribution in [0, 0.1) is 0 Å². The summed E-state index contributed by atoms with van der Waals surface area (Å²) in [5.74, 6) is 0.251. The predicted molar refractivity (Wildman–Crippen MR) is 101 cm³/mol. The molecule has 5 heteroatoms. The van der Waals surface area contributed by atoms with Gasteiger partial charge in [0.2, 0.25) is 5.91 Å². The van der Waals surface area contributed by atoms with Crippen LogP contribution in [0.3, 0.4) is 0 Å². The lowest BCUT2D eigenvalue weighted by atomic mass is 9.81. The van der Waals surface area contributed by atoms with Crippen molar-refractivity contribution in [3.63, 3.8) is 0 Å². The second-order valence-electron chi connectivity index (χ2n) is 8.54. The molecule has 0 spiro atoms. The minimum atomic E-state index is -0.797. The second-order valence-corrected chi connectivity index (χ2v) is 8.54. The molecule has 1 aliphatic carbocycles. The maximum atomic E-state index is 12.9. The Hall–Kier alpha value is -1.46. The van der Waals surface area contributed by atoms with E-state index in [2.05, 4.69) is 9.88 Å². The van der Waals surface area contributed by atoms with E-state index in [9.17, 15) is 9.90 Å². The highest BCUT2D eigenvalue weighted by atomic mass is 16.3. The molecule has 1 saturated carbocycles. The van der Waals surface area contributed by atoms with Crippen LogP contribution >= 0.6 is 0 Å². The molecule has 2 aliphatic heterocycles. The average Bonchev–Trinajstić information content (AvgIpc) is 2.92. The molecule has 4 rings (SSSR count). The van der Waals surface area contributed by atoms with Crippen molar-refractivity contribution in [3.05, 3.63) is 30.1 Å². The highest BCUT2D eigenvalue weighted by molar-refractivity contribution is 5.78. The first kappa shape index (κ1) is 17.9. The number of carbonyl (C=O) groups excluding carboxylic acids is 1. The van der Waals surface area contributed by atoms with Gasteiger partial charge in [0, 0.05) is 43.1 Å². The molecule has 1 N–H and O–H groups in total. The third-order valence-corrected chi connectivity index (χ3v) is 6.95. The number of amides is 1. The van der Waals surface area contributed by atoms with Gasteiger partial charge >= 0.3 is 0 Å². The molecule has 2 atom stereocenters. The molecule has 26 heavy (non-hydrogen) atoms. The Kier molecular flexibility index (Phi) is 5.02.